The van der Waals surface area contributed by atoms with Crippen LogP contribution in [0.5, 0.6) is 5.75 Å². The number of hydrogen-bond donors (Lipinski definition) is 2. The topological polar surface area (TPSA) is 73.6 Å². The number of methoxy groups -OCH3 is 1. The SMILES string of the molecule is COc1ccc(N)cc1CNC(=O)COC(C)(C)C. The van der Waals surface area contributed by atoms with Gasteiger partial charge in [-0.2, -0.15) is 0 Å². The summed E-state index contributed by atoms with van der Waals surface area (Å²) in [6, 6.07) is 5.32. The number of amides is 1. The molecule has 5 heteroatoms. The van der Waals surface area contributed by atoms with Gasteiger partial charge in [0.05, 0.1) is 12.7 Å². The molecule has 0 unspecified atom stereocenters. The molecule has 1 aromatic rings. The molecular formula is C14H22N2O3. The van der Waals surface area contributed by atoms with E-state index in [1.54, 1.807) is 25.3 Å². The second-order valence-corrected chi connectivity index (χ2v) is 5.25. The van der Waals surface area contributed by atoms with E-state index in [1.807, 2.05) is 20.8 Å². The van der Waals surface area contributed by atoms with Crippen LogP contribution in [0.25, 0.3) is 0 Å². The summed E-state index contributed by atoms with van der Waals surface area (Å²) in [5.41, 5.74) is 6.86. The molecule has 0 atom stereocenters. The first-order valence-corrected chi connectivity index (χ1v) is 6.15. The molecule has 0 saturated heterocycles. The molecule has 3 N–H and O–H groups in total. The minimum Gasteiger partial charge on any atom is -0.496 e. The van der Waals surface area contributed by atoms with Crippen molar-refractivity contribution >= 4 is 11.6 Å². The van der Waals surface area contributed by atoms with Crippen LogP contribution in [-0.4, -0.2) is 25.2 Å². The maximum Gasteiger partial charge on any atom is 0.246 e. The number of ether oxygens (including phenoxy) is 2. The second kappa shape index (κ2) is 6.43. The predicted molar refractivity (Wildman–Crippen MR) is 75.0 cm³/mol. The van der Waals surface area contributed by atoms with Gasteiger partial charge in [-0.05, 0) is 39.0 Å². The third-order valence-electron chi connectivity index (χ3n) is 2.42. The van der Waals surface area contributed by atoms with Gasteiger partial charge in [-0.1, -0.05) is 0 Å². The molecule has 0 heterocycles. The van der Waals surface area contributed by atoms with Crippen LogP contribution >= 0.6 is 0 Å². The molecule has 0 aliphatic rings. The first-order chi connectivity index (χ1) is 8.81. The first kappa shape index (κ1) is 15.3. The average Bonchev–Trinajstić information content (AvgIpc) is 2.33. The predicted octanol–water partition coefficient (Wildman–Crippen LogP) is 1.71. The maximum atomic E-state index is 11.6. The Hall–Kier alpha value is -1.75. The van der Waals surface area contributed by atoms with Crippen molar-refractivity contribution in [3.63, 3.8) is 0 Å². The summed E-state index contributed by atoms with van der Waals surface area (Å²) >= 11 is 0. The summed E-state index contributed by atoms with van der Waals surface area (Å²) in [6.45, 7) is 6.11. The Bertz CT molecular complexity index is 439. The number of rotatable bonds is 5. The zero-order chi connectivity index (χ0) is 14.5. The minimum absolute atomic E-state index is 0.0358. The summed E-state index contributed by atoms with van der Waals surface area (Å²) in [5, 5.41) is 2.77. The summed E-state index contributed by atoms with van der Waals surface area (Å²) < 4.78 is 10.6. The molecule has 1 amide bonds. The van der Waals surface area contributed by atoms with E-state index in [2.05, 4.69) is 5.32 Å². The third-order valence-corrected chi connectivity index (χ3v) is 2.42. The highest BCUT2D eigenvalue weighted by Gasteiger charge is 2.13. The van der Waals surface area contributed by atoms with Gasteiger partial charge in [0.15, 0.2) is 0 Å². The molecule has 0 radical (unpaired) electrons. The second-order valence-electron chi connectivity index (χ2n) is 5.25. The molecule has 0 aliphatic heterocycles. The number of benzene rings is 1. The van der Waals surface area contributed by atoms with Crippen LogP contribution in [0.2, 0.25) is 0 Å². The molecule has 0 saturated carbocycles. The van der Waals surface area contributed by atoms with Crippen molar-refractivity contribution in [3.05, 3.63) is 23.8 Å². The van der Waals surface area contributed by atoms with E-state index < -0.39 is 0 Å². The van der Waals surface area contributed by atoms with E-state index in [0.29, 0.717) is 18.0 Å². The van der Waals surface area contributed by atoms with Crippen molar-refractivity contribution in [2.75, 3.05) is 19.5 Å². The van der Waals surface area contributed by atoms with Gasteiger partial charge in [-0.3, -0.25) is 4.79 Å². The molecule has 1 aromatic carbocycles. The highest BCUT2D eigenvalue weighted by atomic mass is 16.5. The van der Waals surface area contributed by atoms with E-state index in [4.69, 9.17) is 15.2 Å². The molecule has 0 fully saturated rings. The van der Waals surface area contributed by atoms with Crippen molar-refractivity contribution in [1.82, 2.24) is 5.32 Å². The molecule has 0 bridgehead atoms. The fourth-order valence-corrected chi connectivity index (χ4v) is 1.46. The summed E-state index contributed by atoms with van der Waals surface area (Å²) in [7, 11) is 1.58. The van der Waals surface area contributed by atoms with Crippen molar-refractivity contribution in [2.24, 2.45) is 0 Å². The van der Waals surface area contributed by atoms with Gasteiger partial charge in [-0.25, -0.2) is 0 Å². The van der Waals surface area contributed by atoms with E-state index in [1.165, 1.54) is 0 Å². The normalized spacial score (nSPS) is 11.2. The van der Waals surface area contributed by atoms with Crippen LogP contribution < -0.4 is 15.8 Å². The van der Waals surface area contributed by atoms with Crippen LogP contribution in [0.4, 0.5) is 5.69 Å². The Kier molecular flexibility index (Phi) is 5.18. The van der Waals surface area contributed by atoms with E-state index in [-0.39, 0.29) is 18.1 Å². The van der Waals surface area contributed by atoms with Crippen LogP contribution in [-0.2, 0) is 16.1 Å². The van der Waals surface area contributed by atoms with Crippen molar-refractivity contribution in [2.45, 2.75) is 32.9 Å². The van der Waals surface area contributed by atoms with Gasteiger partial charge in [0, 0.05) is 17.8 Å². The number of anilines is 1. The Morgan fingerprint density at radius 2 is 2.05 bits per heavy atom. The third kappa shape index (κ3) is 5.61. The Morgan fingerprint density at radius 1 is 1.37 bits per heavy atom. The number of carbonyl (C=O) groups is 1. The molecule has 1 rings (SSSR count). The van der Waals surface area contributed by atoms with Gasteiger partial charge in [0.25, 0.3) is 0 Å². The van der Waals surface area contributed by atoms with Crippen molar-refractivity contribution < 1.29 is 14.3 Å². The standard InChI is InChI=1S/C14H22N2O3/c1-14(2,3)19-9-13(17)16-8-10-7-11(15)5-6-12(10)18-4/h5-7H,8-9,15H2,1-4H3,(H,16,17). The molecule has 0 spiro atoms. The zero-order valence-electron chi connectivity index (χ0n) is 11.9. The number of nitrogen functional groups attached to an aromatic ring is 1. The number of carbonyl (C=O) groups excluding carboxylic acids is 1. The van der Waals surface area contributed by atoms with E-state index in [0.717, 1.165) is 5.56 Å². The van der Waals surface area contributed by atoms with Crippen LogP contribution in [0.15, 0.2) is 18.2 Å². The van der Waals surface area contributed by atoms with Crippen molar-refractivity contribution in [1.29, 1.82) is 0 Å². The summed E-state index contributed by atoms with van der Waals surface area (Å²) in [5.74, 6) is 0.533. The highest BCUT2D eigenvalue weighted by molar-refractivity contribution is 5.77. The molecule has 0 aromatic heterocycles. The molecule has 0 aliphatic carbocycles. The fourth-order valence-electron chi connectivity index (χ4n) is 1.46. The van der Waals surface area contributed by atoms with Crippen LogP contribution in [0, 0.1) is 0 Å². The zero-order valence-corrected chi connectivity index (χ0v) is 11.9. The molecular weight excluding hydrogens is 244 g/mol. The van der Waals surface area contributed by atoms with Crippen LogP contribution in [0.1, 0.15) is 26.3 Å². The molecule has 106 valence electrons. The van der Waals surface area contributed by atoms with Gasteiger partial charge < -0.3 is 20.5 Å². The first-order valence-electron chi connectivity index (χ1n) is 6.15. The molecule has 5 nitrogen and oxygen atoms in total. The largest absolute Gasteiger partial charge is 0.496 e. The number of hydrogen-bond acceptors (Lipinski definition) is 4. The Balaban J connectivity index is 2.52. The van der Waals surface area contributed by atoms with E-state index in [9.17, 15) is 4.79 Å². The monoisotopic (exact) mass is 266 g/mol. The Labute approximate surface area is 114 Å². The lowest BCUT2D eigenvalue weighted by Gasteiger charge is -2.19. The lowest BCUT2D eigenvalue weighted by molar-refractivity contribution is -0.130. The molecule has 19 heavy (non-hydrogen) atoms. The minimum atomic E-state index is -0.327. The summed E-state index contributed by atoms with van der Waals surface area (Å²) in [4.78, 5) is 11.6. The van der Waals surface area contributed by atoms with Crippen molar-refractivity contribution in [3.8, 4) is 5.75 Å². The number of nitrogens with two attached hydrogens (primary N) is 1. The quantitative estimate of drug-likeness (QED) is 0.796. The highest BCUT2D eigenvalue weighted by Crippen LogP contribution is 2.20. The van der Waals surface area contributed by atoms with Crippen LogP contribution in [0.3, 0.4) is 0 Å². The lowest BCUT2D eigenvalue weighted by Crippen LogP contribution is -2.31. The number of nitrogens with one attached hydrogen (secondary N) is 1. The fraction of sp³-hybridized carbons (Fsp3) is 0.500. The van der Waals surface area contributed by atoms with Gasteiger partial charge in [0.2, 0.25) is 5.91 Å². The van der Waals surface area contributed by atoms with Gasteiger partial charge in [-0.15, -0.1) is 0 Å². The summed E-state index contributed by atoms with van der Waals surface area (Å²) in [6.07, 6.45) is 0. The van der Waals surface area contributed by atoms with Gasteiger partial charge in [0.1, 0.15) is 12.4 Å². The lowest BCUT2D eigenvalue weighted by atomic mass is 10.1. The average molecular weight is 266 g/mol. The van der Waals surface area contributed by atoms with E-state index >= 15 is 0 Å². The Morgan fingerprint density at radius 3 is 2.63 bits per heavy atom. The van der Waals surface area contributed by atoms with Gasteiger partial charge >= 0.3 is 0 Å². The maximum absolute atomic E-state index is 11.6. The smallest absolute Gasteiger partial charge is 0.246 e.